The first-order valence-electron chi connectivity index (χ1n) is 7.61. The number of ether oxygens (including phenoxy) is 1. The molecule has 0 spiro atoms. The van der Waals surface area contributed by atoms with Crippen molar-refractivity contribution in [1.82, 2.24) is 4.57 Å². The van der Waals surface area contributed by atoms with Gasteiger partial charge in [0.15, 0.2) is 4.80 Å². The highest BCUT2D eigenvalue weighted by molar-refractivity contribution is 7.16. The second-order valence-corrected chi connectivity index (χ2v) is 6.75. The van der Waals surface area contributed by atoms with E-state index in [0.29, 0.717) is 33.2 Å². The summed E-state index contributed by atoms with van der Waals surface area (Å²) in [6, 6.07) is 11.2. The lowest BCUT2D eigenvalue weighted by Crippen LogP contribution is -2.19. The average Bonchev–Trinajstić information content (AvgIpc) is 2.96. The van der Waals surface area contributed by atoms with Crippen molar-refractivity contribution in [3.8, 4) is 0 Å². The van der Waals surface area contributed by atoms with Gasteiger partial charge in [0.2, 0.25) is 0 Å². The molecule has 0 saturated carbocycles. The molecule has 0 bridgehead atoms. The molecule has 9 heteroatoms. The number of hydrogen-bond donors (Lipinski definition) is 0. The van der Waals surface area contributed by atoms with Crippen molar-refractivity contribution in [3.63, 3.8) is 0 Å². The summed E-state index contributed by atoms with van der Waals surface area (Å²) in [6.45, 7) is 0.874. The van der Waals surface area contributed by atoms with Gasteiger partial charge in [0.05, 0.1) is 32.3 Å². The molecule has 2 aromatic carbocycles. The van der Waals surface area contributed by atoms with Crippen LogP contribution in [0.25, 0.3) is 10.2 Å². The van der Waals surface area contributed by atoms with Crippen LogP contribution in [0.15, 0.2) is 47.5 Å². The van der Waals surface area contributed by atoms with E-state index in [0.717, 1.165) is 5.52 Å². The summed E-state index contributed by atoms with van der Waals surface area (Å²) >= 11 is 7.27. The largest absolute Gasteiger partial charge is 0.383 e. The van der Waals surface area contributed by atoms with Crippen molar-refractivity contribution in [1.29, 1.82) is 0 Å². The number of rotatable bonds is 5. The smallest absolute Gasteiger partial charge is 0.281 e. The van der Waals surface area contributed by atoms with Crippen LogP contribution >= 0.6 is 22.9 Å². The predicted octanol–water partition coefficient (Wildman–Crippen LogP) is 3.65. The maximum absolute atomic E-state index is 12.5. The van der Waals surface area contributed by atoms with E-state index in [2.05, 4.69) is 4.99 Å². The number of hydrogen-bond acceptors (Lipinski definition) is 5. The molecule has 3 rings (SSSR count). The van der Waals surface area contributed by atoms with Crippen molar-refractivity contribution >= 4 is 44.7 Å². The molecule has 0 aliphatic heterocycles. The fraction of sp³-hybridized carbons (Fsp3) is 0.176. The van der Waals surface area contributed by atoms with E-state index in [4.69, 9.17) is 16.3 Å². The lowest BCUT2D eigenvalue weighted by Gasteiger charge is -2.04. The maximum Gasteiger partial charge on any atom is 0.281 e. The molecular formula is C17H14ClN3O4S. The molecule has 0 atom stereocenters. The lowest BCUT2D eigenvalue weighted by atomic mass is 10.2. The molecular weight excluding hydrogens is 378 g/mol. The van der Waals surface area contributed by atoms with Gasteiger partial charge in [0.1, 0.15) is 0 Å². The van der Waals surface area contributed by atoms with Crippen LogP contribution in [-0.2, 0) is 11.3 Å². The third-order valence-corrected chi connectivity index (χ3v) is 5.07. The Morgan fingerprint density at radius 3 is 2.81 bits per heavy atom. The summed E-state index contributed by atoms with van der Waals surface area (Å²) in [7, 11) is 1.58. The van der Waals surface area contributed by atoms with Gasteiger partial charge in [-0.15, -0.1) is 0 Å². The van der Waals surface area contributed by atoms with Crippen molar-refractivity contribution in [2.24, 2.45) is 4.99 Å². The molecule has 0 N–H and O–H groups in total. The number of methoxy groups -OCH3 is 1. The van der Waals surface area contributed by atoms with Crippen LogP contribution in [0.3, 0.4) is 0 Å². The van der Waals surface area contributed by atoms with Crippen LogP contribution < -0.4 is 4.80 Å². The third-order valence-electron chi connectivity index (χ3n) is 3.70. The van der Waals surface area contributed by atoms with Gasteiger partial charge >= 0.3 is 0 Å². The maximum atomic E-state index is 12.5. The molecule has 7 nitrogen and oxygen atoms in total. The molecule has 0 aliphatic rings. The standard InChI is InChI=1S/C17H14ClN3O4S/c1-25-9-8-20-14-7-6-11(21(23)24)10-15(14)26-17(20)19-16(22)12-4-2-3-5-13(12)18/h2-7,10H,8-9H2,1H3. The quantitative estimate of drug-likeness (QED) is 0.490. The minimum atomic E-state index is -0.470. The average molecular weight is 392 g/mol. The zero-order chi connectivity index (χ0) is 18.7. The van der Waals surface area contributed by atoms with Crippen LogP contribution in [0.1, 0.15) is 10.4 Å². The number of non-ortho nitro benzene ring substituents is 1. The van der Waals surface area contributed by atoms with Crippen LogP contribution in [-0.4, -0.2) is 29.1 Å². The number of nitro groups is 1. The van der Waals surface area contributed by atoms with Crippen molar-refractivity contribution < 1.29 is 14.5 Å². The van der Waals surface area contributed by atoms with Crippen molar-refractivity contribution in [2.45, 2.75) is 6.54 Å². The number of fused-ring (bicyclic) bond motifs is 1. The van der Waals surface area contributed by atoms with Gasteiger partial charge in [-0.1, -0.05) is 35.1 Å². The number of aromatic nitrogens is 1. The number of carbonyl (C=O) groups excluding carboxylic acids is 1. The van der Waals surface area contributed by atoms with Gasteiger partial charge in [-0.3, -0.25) is 14.9 Å². The van der Waals surface area contributed by atoms with E-state index >= 15 is 0 Å². The molecule has 0 aliphatic carbocycles. The number of benzene rings is 2. The highest BCUT2D eigenvalue weighted by Gasteiger charge is 2.14. The van der Waals surface area contributed by atoms with Gasteiger partial charge < -0.3 is 9.30 Å². The number of halogens is 1. The molecule has 1 aromatic heterocycles. The Hall–Kier alpha value is -2.55. The first kappa shape index (κ1) is 18.2. The van der Waals surface area contributed by atoms with Crippen molar-refractivity contribution in [2.75, 3.05) is 13.7 Å². The van der Waals surface area contributed by atoms with Crippen molar-refractivity contribution in [3.05, 3.63) is 68.0 Å². The van der Waals surface area contributed by atoms with E-state index in [1.54, 1.807) is 37.4 Å². The summed E-state index contributed by atoms with van der Waals surface area (Å²) in [5.41, 5.74) is 1.04. The monoisotopic (exact) mass is 391 g/mol. The molecule has 0 unspecified atom stereocenters. The molecule has 1 heterocycles. The highest BCUT2D eigenvalue weighted by atomic mass is 35.5. The summed E-state index contributed by atoms with van der Waals surface area (Å²) in [4.78, 5) is 27.7. The summed E-state index contributed by atoms with van der Waals surface area (Å²) in [5.74, 6) is -0.470. The van der Waals surface area contributed by atoms with E-state index in [9.17, 15) is 14.9 Å². The fourth-order valence-electron chi connectivity index (χ4n) is 2.44. The van der Waals surface area contributed by atoms with Crippen LogP contribution in [0.2, 0.25) is 5.02 Å². The Morgan fingerprint density at radius 2 is 2.12 bits per heavy atom. The van der Waals surface area contributed by atoms with E-state index in [1.165, 1.54) is 23.5 Å². The van der Waals surface area contributed by atoms with E-state index < -0.39 is 10.8 Å². The summed E-state index contributed by atoms with van der Waals surface area (Å²) < 4.78 is 7.59. The SMILES string of the molecule is COCCn1c(=NC(=O)c2ccccc2Cl)sc2cc([N+](=O)[O-])ccc21. The topological polar surface area (TPSA) is 86.7 Å². The normalized spacial score (nSPS) is 11.8. The van der Waals surface area contributed by atoms with Crippen LogP contribution in [0, 0.1) is 10.1 Å². The number of nitro benzene ring substituents is 1. The first-order chi connectivity index (χ1) is 12.5. The second kappa shape index (κ2) is 7.77. The fourth-order valence-corrected chi connectivity index (χ4v) is 3.75. The third kappa shape index (κ3) is 3.67. The lowest BCUT2D eigenvalue weighted by molar-refractivity contribution is -0.384. The first-order valence-corrected chi connectivity index (χ1v) is 8.81. The Balaban J connectivity index is 2.15. The minimum absolute atomic E-state index is 0.0124. The second-order valence-electron chi connectivity index (χ2n) is 5.34. The summed E-state index contributed by atoms with van der Waals surface area (Å²) in [6.07, 6.45) is 0. The zero-order valence-corrected chi connectivity index (χ0v) is 15.3. The number of amides is 1. The summed E-state index contributed by atoms with van der Waals surface area (Å²) in [5, 5.41) is 11.3. The Bertz CT molecular complexity index is 1060. The van der Waals surface area contributed by atoms with Gasteiger partial charge in [0.25, 0.3) is 11.6 Å². The molecule has 3 aromatic rings. The molecule has 26 heavy (non-hydrogen) atoms. The van der Waals surface area contributed by atoms with Gasteiger partial charge in [-0.2, -0.15) is 4.99 Å². The molecule has 1 amide bonds. The Labute approximate surface area is 157 Å². The highest BCUT2D eigenvalue weighted by Crippen LogP contribution is 2.23. The molecule has 134 valence electrons. The minimum Gasteiger partial charge on any atom is -0.383 e. The van der Waals surface area contributed by atoms with Crippen LogP contribution in [0.5, 0.6) is 0 Å². The van der Waals surface area contributed by atoms with E-state index in [-0.39, 0.29) is 5.69 Å². The molecule has 0 radical (unpaired) electrons. The number of carbonyl (C=O) groups is 1. The molecule has 0 saturated heterocycles. The van der Waals surface area contributed by atoms with Crippen LogP contribution in [0.4, 0.5) is 5.69 Å². The predicted molar refractivity (Wildman–Crippen MR) is 99.7 cm³/mol. The Kier molecular flexibility index (Phi) is 5.46. The van der Waals surface area contributed by atoms with Gasteiger partial charge in [-0.25, -0.2) is 0 Å². The number of thiazole rings is 1. The van der Waals surface area contributed by atoms with E-state index in [1.807, 2.05) is 4.57 Å². The van der Waals surface area contributed by atoms with Gasteiger partial charge in [-0.05, 0) is 18.2 Å². The number of nitrogens with zero attached hydrogens (tertiary/aromatic N) is 3. The zero-order valence-electron chi connectivity index (χ0n) is 13.7. The molecule has 0 fully saturated rings. The van der Waals surface area contributed by atoms with Gasteiger partial charge in [0, 0.05) is 25.8 Å². The Morgan fingerprint density at radius 1 is 1.35 bits per heavy atom.